The van der Waals surface area contributed by atoms with Crippen molar-refractivity contribution in [2.75, 3.05) is 29.0 Å². The van der Waals surface area contributed by atoms with Crippen LogP contribution in [0.1, 0.15) is 19.3 Å². The Hall–Kier alpha value is -2.23. The summed E-state index contributed by atoms with van der Waals surface area (Å²) < 4.78 is 0. The predicted molar refractivity (Wildman–Crippen MR) is 84.4 cm³/mol. The molecule has 1 aromatic heterocycles. The molecule has 104 valence electrons. The summed E-state index contributed by atoms with van der Waals surface area (Å²) in [6, 6.07) is 10.4. The van der Waals surface area contributed by atoms with Crippen LogP contribution >= 0.6 is 0 Å². The molecule has 1 aromatic carbocycles. The highest BCUT2D eigenvalue weighted by Crippen LogP contribution is 2.25. The smallest absolute Gasteiger partial charge is 0.0739 e. The van der Waals surface area contributed by atoms with Crippen LogP contribution in [0.3, 0.4) is 0 Å². The maximum Gasteiger partial charge on any atom is 0.0739 e. The number of piperidine rings is 1. The van der Waals surface area contributed by atoms with Gasteiger partial charge in [-0.3, -0.25) is 4.98 Å². The lowest BCUT2D eigenvalue weighted by Crippen LogP contribution is -2.29. The average molecular weight is 268 g/mol. The zero-order valence-electron chi connectivity index (χ0n) is 11.5. The van der Waals surface area contributed by atoms with Gasteiger partial charge >= 0.3 is 0 Å². The summed E-state index contributed by atoms with van der Waals surface area (Å²) >= 11 is 0. The molecule has 1 fully saturated rings. The topological polar surface area (TPSA) is 54.2 Å². The van der Waals surface area contributed by atoms with Gasteiger partial charge in [-0.25, -0.2) is 0 Å². The Balaban J connectivity index is 1.71. The van der Waals surface area contributed by atoms with Crippen molar-refractivity contribution in [2.45, 2.75) is 19.3 Å². The Bertz CT molecular complexity index is 559. The number of pyridine rings is 1. The van der Waals surface area contributed by atoms with E-state index in [2.05, 4.69) is 39.5 Å². The van der Waals surface area contributed by atoms with Gasteiger partial charge < -0.3 is 16.0 Å². The maximum absolute atomic E-state index is 5.88. The van der Waals surface area contributed by atoms with Crippen LogP contribution < -0.4 is 16.0 Å². The molecule has 4 nitrogen and oxygen atoms in total. The summed E-state index contributed by atoms with van der Waals surface area (Å²) in [5.74, 6) is 0. The third-order valence-corrected chi connectivity index (χ3v) is 3.72. The Morgan fingerprint density at radius 1 is 1.00 bits per heavy atom. The molecule has 0 radical (unpaired) electrons. The van der Waals surface area contributed by atoms with Crippen LogP contribution in [0.5, 0.6) is 0 Å². The van der Waals surface area contributed by atoms with E-state index in [-0.39, 0.29) is 0 Å². The Morgan fingerprint density at radius 2 is 1.75 bits per heavy atom. The molecule has 0 atom stereocenters. The van der Waals surface area contributed by atoms with Crippen LogP contribution in [-0.2, 0) is 0 Å². The number of hydrogen-bond donors (Lipinski definition) is 2. The first-order valence-electron chi connectivity index (χ1n) is 7.14. The highest BCUT2D eigenvalue weighted by molar-refractivity contribution is 5.72. The lowest BCUT2D eigenvalue weighted by atomic mass is 10.1. The van der Waals surface area contributed by atoms with Gasteiger partial charge in [0.05, 0.1) is 17.6 Å². The minimum absolute atomic E-state index is 0.660. The van der Waals surface area contributed by atoms with Crippen molar-refractivity contribution in [1.82, 2.24) is 4.98 Å². The number of nitrogens with zero attached hydrogens (tertiary/aromatic N) is 2. The van der Waals surface area contributed by atoms with Gasteiger partial charge in [0.15, 0.2) is 0 Å². The predicted octanol–water partition coefficient (Wildman–Crippen LogP) is 3.40. The van der Waals surface area contributed by atoms with Crippen molar-refractivity contribution < 1.29 is 0 Å². The highest BCUT2D eigenvalue weighted by Gasteiger charge is 2.10. The molecule has 3 rings (SSSR count). The molecule has 1 aliphatic heterocycles. The number of anilines is 4. The standard InChI is InChI=1S/C16H20N4/c17-15-12-18-9-8-16(15)19-13-4-6-14(7-5-13)20-10-2-1-3-11-20/h4-9,12H,1-3,10-11,17H2,(H,18,19). The van der Waals surface area contributed by atoms with E-state index >= 15 is 0 Å². The van der Waals surface area contributed by atoms with Crippen LogP contribution in [0.4, 0.5) is 22.7 Å². The quantitative estimate of drug-likeness (QED) is 0.896. The molecule has 0 bridgehead atoms. The van der Waals surface area contributed by atoms with E-state index in [9.17, 15) is 0 Å². The first-order chi connectivity index (χ1) is 9.83. The molecule has 3 N–H and O–H groups in total. The first kappa shape index (κ1) is 12.8. The van der Waals surface area contributed by atoms with Crippen molar-refractivity contribution in [3.05, 3.63) is 42.7 Å². The van der Waals surface area contributed by atoms with Gasteiger partial charge in [-0.1, -0.05) is 0 Å². The lowest BCUT2D eigenvalue weighted by molar-refractivity contribution is 0.578. The Kier molecular flexibility index (Phi) is 3.72. The second kappa shape index (κ2) is 5.82. The fourth-order valence-corrected chi connectivity index (χ4v) is 2.58. The van der Waals surface area contributed by atoms with Crippen molar-refractivity contribution in [3.63, 3.8) is 0 Å². The van der Waals surface area contributed by atoms with E-state index in [1.54, 1.807) is 12.4 Å². The van der Waals surface area contributed by atoms with Gasteiger partial charge in [0.25, 0.3) is 0 Å². The molecular formula is C16H20N4. The van der Waals surface area contributed by atoms with Crippen LogP contribution in [0, 0.1) is 0 Å². The summed E-state index contributed by atoms with van der Waals surface area (Å²) in [7, 11) is 0. The molecule has 2 aromatic rings. The van der Waals surface area contributed by atoms with Crippen molar-refractivity contribution in [3.8, 4) is 0 Å². The molecule has 2 heterocycles. The Labute approximate surface area is 119 Å². The fraction of sp³-hybridized carbons (Fsp3) is 0.312. The largest absolute Gasteiger partial charge is 0.396 e. The van der Waals surface area contributed by atoms with E-state index in [4.69, 9.17) is 5.73 Å². The van der Waals surface area contributed by atoms with Gasteiger partial charge in [-0.15, -0.1) is 0 Å². The fourth-order valence-electron chi connectivity index (χ4n) is 2.58. The molecule has 4 heteroatoms. The lowest BCUT2D eigenvalue weighted by Gasteiger charge is -2.28. The van der Waals surface area contributed by atoms with Gasteiger partial charge in [0, 0.05) is 30.7 Å². The van der Waals surface area contributed by atoms with E-state index in [1.165, 1.54) is 38.0 Å². The molecule has 0 spiro atoms. The zero-order chi connectivity index (χ0) is 13.8. The molecular weight excluding hydrogens is 248 g/mol. The third-order valence-electron chi connectivity index (χ3n) is 3.72. The zero-order valence-corrected chi connectivity index (χ0v) is 11.5. The number of benzene rings is 1. The molecule has 0 amide bonds. The molecule has 1 saturated heterocycles. The second-order valence-electron chi connectivity index (χ2n) is 5.18. The summed E-state index contributed by atoms with van der Waals surface area (Å²) in [4.78, 5) is 6.44. The average Bonchev–Trinajstić information content (AvgIpc) is 2.51. The molecule has 0 aliphatic carbocycles. The van der Waals surface area contributed by atoms with Gasteiger partial charge in [-0.2, -0.15) is 0 Å². The first-order valence-corrected chi connectivity index (χ1v) is 7.14. The highest BCUT2D eigenvalue weighted by atomic mass is 15.1. The van der Waals surface area contributed by atoms with Crippen LogP contribution in [0.2, 0.25) is 0 Å². The molecule has 20 heavy (non-hydrogen) atoms. The van der Waals surface area contributed by atoms with E-state index in [0.717, 1.165) is 11.4 Å². The SMILES string of the molecule is Nc1cnccc1Nc1ccc(N2CCCCC2)cc1. The van der Waals surface area contributed by atoms with Gasteiger partial charge in [0.2, 0.25) is 0 Å². The van der Waals surface area contributed by atoms with E-state index in [0.29, 0.717) is 5.69 Å². The second-order valence-corrected chi connectivity index (χ2v) is 5.18. The van der Waals surface area contributed by atoms with Crippen LogP contribution in [0.15, 0.2) is 42.7 Å². The third kappa shape index (κ3) is 2.85. The van der Waals surface area contributed by atoms with Crippen molar-refractivity contribution in [1.29, 1.82) is 0 Å². The number of nitrogens with one attached hydrogen (secondary N) is 1. The summed E-state index contributed by atoms with van der Waals surface area (Å²) in [6.45, 7) is 2.34. The summed E-state index contributed by atoms with van der Waals surface area (Å²) in [5.41, 5.74) is 9.78. The minimum Gasteiger partial charge on any atom is -0.396 e. The Morgan fingerprint density at radius 3 is 2.45 bits per heavy atom. The van der Waals surface area contributed by atoms with Crippen molar-refractivity contribution in [2.24, 2.45) is 0 Å². The number of hydrogen-bond acceptors (Lipinski definition) is 4. The summed E-state index contributed by atoms with van der Waals surface area (Å²) in [5, 5.41) is 3.32. The number of rotatable bonds is 3. The molecule has 0 unspecified atom stereocenters. The van der Waals surface area contributed by atoms with E-state index in [1.807, 2.05) is 6.07 Å². The van der Waals surface area contributed by atoms with Gasteiger partial charge in [0.1, 0.15) is 0 Å². The van der Waals surface area contributed by atoms with Crippen molar-refractivity contribution >= 4 is 22.7 Å². The minimum atomic E-state index is 0.660. The molecule has 0 saturated carbocycles. The number of nitrogen functional groups attached to an aromatic ring is 1. The monoisotopic (exact) mass is 268 g/mol. The normalized spacial score (nSPS) is 15.1. The maximum atomic E-state index is 5.88. The van der Waals surface area contributed by atoms with Crippen LogP contribution in [0.25, 0.3) is 0 Å². The number of aromatic nitrogens is 1. The number of nitrogens with two attached hydrogens (primary N) is 1. The van der Waals surface area contributed by atoms with Gasteiger partial charge in [-0.05, 0) is 49.6 Å². The van der Waals surface area contributed by atoms with E-state index < -0.39 is 0 Å². The van der Waals surface area contributed by atoms with Crippen LogP contribution in [-0.4, -0.2) is 18.1 Å². The molecule has 1 aliphatic rings. The summed E-state index contributed by atoms with van der Waals surface area (Å²) in [6.07, 6.45) is 7.35.